The molecule has 0 radical (unpaired) electrons. The van der Waals surface area contributed by atoms with Gasteiger partial charge in [0, 0.05) is 0 Å². The monoisotopic (exact) mass is 248 g/mol. The van der Waals surface area contributed by atoms with E-state index in [-0.39, 0.29) is 5.97 Å². The first-order valence-electron chi connectivity index (χ1n) is 6.61. The number of esters is 1. The predicted octanol–water partition coefficient (Wildman–Crippen LogP) is 4.31. The number of carbonyl (C=O) groups excluding carboxylic acids is 1. The molecule has 1 atom stereocenters. The lowest BCUT2D eigenvalue weighted by Gasteiger charge is -2.22. The molecule has 0 aliphatic carbocycles. The van der Waals surface area contributed by atoms with Crippen LogP contribution in [0.25, 0.3) is 0 Å². The second-order valence-electron chi connectivity index (χ2n) is 6.16. The highest BCUT2D eigenvalue weighted by Gasteiger charge is 2.15. The summed E-state index contributed by atoms with van der Waals surface area (Å²) in [4.78, 5) is 11.7. The molecule has 100 valence electrons. The molecule has 18 heavy (non-hydrogen) atoms. The van der Waals surface area contributed by atoms with E-state index in [4.69, 9.17) is 4.74 Å². The summed E-state index contributed by atoms with van der Waals surface area (Å²) in [6.45, 7) is 9.42. The minimum absolute atomic E-state index is 0.224. The van der Waals surface area contributed by atoms with Crippen LogP contribution in [0.1, 0.15) is 50.9 Å². The Kier molecular flexibility index (Phi) is 5.39. The van der Waals surface area contributed by atoms with Crippen molar-refractivity contribution in [3.05, 3.63) is 35.9 Å². The zero-order valence-electron chi connectivity index (χ0n) is 11.9. The largest absolute Gasteiger partial charge is 0.462 e. The molecule has 1 aromatic carbocycles. The molecule has 0 fully saturated rings. The highest BCUT2D eigenvalue weighted by molar-refractivity contribution is 5.89. The summed E-state index contributed by atoms with van der Waals surface area (Å²) in [6.07, 6.45) is 2.08. The van der Waals surface area contributed by atoms with E-state index in [0.29, 0.717) is 23.5 Å². The zero-order valence-corrected chi connectivity index (χ0v) is 11.9. The van der Waals surface area contributed by atoms with E-state index in [1.165, 1.54) is 0 Å². The van der Waals surface area contributed by atoms with Crippen molar-refractivity contribution in [1.29, 1.82) is 0 Å². The van der Waals surface area contributed by atoms with Crippen LogP contribution in [-0.2, 0) is 4.74 Å². The quantitative estimate of drug-likeness (QED) is 0.726. The Morgan fingerprint density at radius 2 is 1.83 bits per heavy atom. The fourth-order valence-electron chi connectivity index (χ4n) is 2.16. The number of hydrogen-bond acceptors (Lipinski definition) is 2. The SMILES string of the molecule is CC(CCOC(=O)c1ccccc1)CC(C)(C)C. The topological polar surface area (TPSA) is 26.3 Å². The van der Waals surface area contributed by atoms with Gasteiger partial charge in [0.2, 0.25) is 0 Å². The van der Waals surface area contributed by atoms with Gasteiger partial charge in [-0.1, -0.05) is 45.9 Å². The van der Waals surface area contributed by atoms with Crippen LogP contribution in [0.5, 0.6) is 0 Å². The summed E-state index contributed by atoms with van der Waals surface area (Å²) < 4.78 is 5.27. The van der Waals surface area contributed by atoms with Crippen LogP contribution in [0.2, 0.25) is 0 Å². The Morgan fingerprint density at radius 3 is 2.39 bits per heavy atom. The van der Waals surface area contributed by atoms with E-state index in [2.05, 4.69) is 27.7 Å². The van der Waals surface area contributed by atoms with Crippen LogP contribution in [-0.4, -0.2) is 12.6 Å². The fraction of sp³-hybridized carbons (Fsp3) is 0.562. The van der Waals surface area contributed by atoms with Gasteiger partial charge < -0.3 is 4.74 Å². The van der Waals surface area contributed by atoms with Gasteiger partial charge in [0.05, 0.1) is 12.2 Å². The predicted molar refractivity (Wildman–Crippen MR) is 74.6 cm³/mol. The molecule has 2 nitrogen and oxygen atoms in total. The van der Waals surface area contributed by atoms with Gasteiger partial charge in [-0.05, 0) is 36.3 Å². The second kappa shape index (κ2) is 6.58. The molecule has 1 aromatic rings. The number of benzene rings is 1. The van der Waals surface area contributed by atoms with Gasteiger partial charge in [-0.3, -0.25) is 0 Å². The molecule has 0 aliphatic rings. The van der Waals surface area contributed by atoms with Crippen LogP contribution in [0.15, 0.2) is 30.3 Å². The first kappa shape index (κ1) is 14.7. The Labute approximate surface area is 110 Å². The van der Waals surface area contributed by atoms with E-state index in [1.807, 2.05) is 18.2 Å². The molecule has 2 heteroatoms. The maximum absolute atomic E-state index is 11.7. The smallest absolute Gasteiger partial charge is 0.338 e. The Morgan fingerprint density at radius 1 is 1.22 bits per heavy atom. The molecule has 1 rings (SSSR count). The van der Waals surface area contributed by atoms with Crippen molar-refractivity contribution in [1.82, 2.24) is 0 Å². The normalized spacial score (nSPS) is 13.1. The molecule has 0 saturated heterocycles. The van der Waals surface area contributed by atoms with Crippen molar-refractivity contribution in [3.8, 4) is 0 Å². The lowest BCUT2D eigenvalue weighted by molar-refractivity contribution is 0.0478. The van der Waals surface area contributed by atoms with Crippen molar-refractivity contribution < 1.29 is 9.53 Å². The van der Waals surface area contributed by atoms with Gasteiger partial charge >= 0.3 is 5.97 Å². The lowest BCUT2D eigenvalue weighted by Crippen LogP contribution is -2.14. The third-order valence-corrected chi connectivity index (χ3v) is 2.81. The molecular formula is C16H24O2. The van der Waals surface area contributed by atoms with E-state index in [9.17, 15) is 4.79 Å². The summed E-state index contributed by atoms with van der Waals surface area (Å²) in [5.74, 6) is 0.354. The first-order chi connectivity index (χ1) is 8.38. The number of ether oxygens (including phenoxy) is 1. The average Bonchev–Trinajstić information content (AvgIpc) is 2.27. The number of carbonyl (C=O) groups is 1. The number of rotatable bonds is 5. The fourth-order valence-corrected chi connectivity index (χ4v) is 2.16. The molecule has 1 unspecified atom stereocenters. The van der Waals surface area contributed by atoms with E-state index in [0.717, 1.165) is 12.8 Å². The molecule has 0 aliphatic heterocycles. The Balaban J connectivity index is 2.28. The zero-order chi connectivity index (χ0) is 13.6. The van der Waals surface area contributed by atoms with E-state index < -0.39 is 0 Å². The lowest BCUT2D eigenvalue weighted by atomic mass is 9.84. The van der Waals surface area contributed by atoms with Gasteiger partial charge in [0.25, 0.3) is 0 Å². The third kappa shape index (κ3) is 5.85. The molecule has 0 spiro atoms. The molecular weight excluding hydrogens is 224 g/mol. The second-order valence-corrected chi connectivity index (χ2v) is 6.16. The first-order valence-corrected chi connectivity index (χ1v) is 6.61. The Bertz CT molecular complexity index is 362. The molecule has 0 N–H and O–H groups in total. The van der Waals surface area contributed by atoms with Crippen molar-refractivity contribution >= 4 is 5.97 Å². The van der Waals surface area contributed by atoms with Crippen molar-refractivity contribution in [2.24, 2.45) is 11.3 Å². The van der Waals surface area contributed by atoms with Gasteiger partial charge in [-0.25, -0.2) is 4.79 Å². The summed E-state index contributed by atoms with van der Waals surface area (Å²) >= 11 is 0. The van der Waals surface area contributed by atoms with E-state index in [1.54, 1.807) is 12.1 Å². The maximum atomic E-state index is 11.7. The maximum Gasteiger partial charge on any atom is 0.338 e. The third-order valence-electron chi connectivity index (χ3n) is 2.81. The van der Waals surface area contributed by atoms with Gasteiger partial charge in [-0.15, -0.1) is 0 Å². The van der Waals surface area contributed by atoms with Crippen molar-refractivity contribution in [2.75, 3.05) is 6.61 Å². The van der Waals surface area contributed by atoms with Crippen LogP contribution in [0, 0.1) is 11.3 Å². The Hall–Kier alpha value is -1.31. The highest BCUT2D eigenvalue weighted by atomic mass is 16.5. The minimum atomic E-state index is -0.224. The van der Waals surface area contributed by atoms with Crippen molar-refractivity contribution in [2.45, 2.75) is 40.5 Å². The molecule has 0 heterocycles. The summed E-state index contributed by atoms with van der Waals surface area (Å²) in [5.41, 5.74) is 0.962. The van der Waals surface area contributed by atoms with Crippen LogP contribution < -0.4 is 0 Å². The van der Waals surface area contributed by atoms with Gasteiger partial charge in [0.1, 0.15) is 0 Å². The summed E-state index contributed by atoms with van der Waals surface area (Å²) in [7, 11) is 0. The average molecular weight is 248 g/mol. The summed E-state index contributed by atoms with van der Waals surface area (Å²) in [5, 5.41) is 0. The van der Waals surface area contributed by atoms with Crippen LogP contribution in [0.3, 0.4) is 0 Å². The molecule has 0 amide bonds. The molecule has 0 bridgehead atoms. The van der Waals surface area contributed by atoms with Crippen molar-refractivity contribution in [3.63, 3.8) is 0 Å². The van der Waals surface area contributed by atoms with Crippen LogP contribution in [0.4, 0.5) is 0 Å². The van der Waals surface area contributed by atoms with Gasteiger partial charge in [-0.2, -0.15) is 0 Å². The number of hydrogen-bond donors (Lipinski definition) is 0. The molecule has 0 aromatic heterocycles. The van der Waals surface area contributed by atoms with E-state index >= 15 is 0 Å². The van der Waals surface area contributed by atoms with Gasteiger partial charge in [0.15, 0.2) is 0 Å². The minimum Gasteiger partial charge on any atom is -0.462 e. The summed E-state index contributed by atoms with van der Waals surface area (Å²) in [6, 6.07) is 9.14. The van der Waals surface area contributed by atoms with Crippen LogP contribution >= 0.6 is 0 Å². The highest BCUT2D eigenvalue weighted by Crippen LogP contribution is 2.25. The standard InChI is InChI=1S/C16H24O2/c1-13(12-16(2,3)4)10-11-18-15(17)14-8-6-5-7-9-14/h5-9,13H,10-12H2,1-4H3. The molecule has 0 saturated carbocycles.